The highest BCUT2D eigenvalue weighted by atomic mass is 16.5. The summed E-state index contributed by atoms with van der Waals surface area (Å²) in [5.74, 6) is -0.583. The third-order valence-electron chi connectivity index (χ3n) is 2.45. The Morgan fingerprint density at radius 1 is 1.11 bits per heavy atom. The summed E-state index contributed by atoms with van der Waals surface area (Å²) in [4.78, 5) is 10.9. The van der Waals surface area contributed by atoms with Crippen LogP contribution in [0.1, 0.15) is 23.2 Å². The second-order valence-corrected chi connectivity index (χ2v) is 3.96. The van der Waals surface area contributed by atoms with Gasteiger partial charge < -0.3 is 19.3 Å². The number of hydrogen-bond donors (Lipinski definition) is 1. The minimum absolute atomic E-state index is 0.184. The van der Waals surface area contributed by atoms with Gasteiger partial charge in [-0.05, 0) is 18.6 Å². The fourth-order valence-corrected chi connectivity index (χ4v) is 1.52. The Hall–Kier alpha value is -1.59. The first-order chi connectivity index (χ1) is 9.25. The summed E-state index contributed by atoms with van der Waals surface area (Å²) in [5.41, 5.74) is 0.184. The highest BCUT2D eigenvalue weighted by Gasteiger charge is 2.09. The lowest BCUT2D eigenvalue weighted by atomic mass is 10.2. The quantitative estimate of drug-likeness (QED) is 0.659. The average Bonchev–Trinajstić information content (AvgIpc) is 2.42. The van der Waals surface area contributed by atoms with Crippen LogP contribution in [0.15, 0.2) is 24.3 Å². The van der Waals surface area contributed by atoms with Crippen LogP contribution in [0.4, 0.5) is 0 Å². The Bertz CT molecular complexity index is 378. The number of aromatic carboxylic acids is 1. The molecule has 0 saturated heterocycles. The Kier molecular flexibility index (Phi) is 7.62. The molecule has 0 radical (unpaired) electrons. The van der Waals surface area contributed by atoms with E-state index in [0.29, 0.717) is 32.2 Å². The molecule has 0 aliphatic heterocycles. The van der Waals surface area contributed by atoms with Gasteiger partial charge in [-0.15, -0.1) is 0 Å². The summed E-state index contributed by atoms with van der Waals surface area (Å²) < 4.78 is 15.7. The topological polar surface area (TPSA) is 65.0 Å². The zero-order valence-electron chi connectivity index (χ0n) is 11.1. The first-order valence-electron chi connectivity index (χ1n) is 6.27. The van der Waals surface area contributed by atoms with Crippen molar-refractivity contribution in [1.82, 2.24) is 0 Å². The molecule has 106 valence electrons. The lowest BCUT2D eigenvalue weighted by molar-refractivity contribution is 0.0691. The molecule has 0 unspecified atom stereocenters. The van der Waals surface area contributed by atoms with E-state index in [1.165, 1.54) is 6.07 Å². The number of rotatable bonds is 10. The number of carbonyl (C=O) groups is 1. The summed E-state index contributed by atoms with van der Waals surface area (Å²) in [6, 6.07) is 6.61. The molecule has 19 heavy (non-hydrogen) atoms. The molecule has 0 amide bonds. The molecular formula is C14H20O5. The van der Waals surface area contributed by atoms with Crippen LogP contribution < -0.4 is 4.74 Å². The van der Waals surface area contributed by atoms with Crippen molar-refractivity contribution in [3.05, 3.63) is 29.8 Å². The van der Waals surface area contributed by atoms with Crippen LogP contribution in [-0.2, 0) is 9.47 Å². The monoisotopic (exact) mass is 268 g/mol. The number of benzene rings is 1. The van der Waals surface area contributed by atoms with Crippen LogP contribution in [0.3, 0.4) is 0 Å². The first kappa shape index (κ1) is 15.5. The number of hydrogen-bond acceptors (Lipinski definition) is 4. The average molecular weight is 268 g/mol. The van der Waals surface area contributed by atoms with Gasteiger partial charge in [0.1, 0.15) is 11.3 Å². The van der Waals surface area contributed by atoms with Crippen LogP contribution in [0, 0.1) is 0 Å². The SMILES string of the molecule is COCCCOCCCOc1ccccc1C(=O)O. The smallest absolute Gasteiger partial charge is 0.339 e. The van der Waals surface area contributed by atoms with Crippen molar-refractivity contribution in [3.8, 4) is 5.75 Å². The van der Waals surface area contributed by atoms with E-state index in [9.17, 15) is 4.79 Å². The number of ether oxygens (including phenoxy) is 3. The van der Waals surface area contributed by atoms with Crippen molar-refractivity contribution in [2.24, 2.45) is 0 Å². The summed E-state index contributed by atoms with van der Waals surface area (Å²) >= 11 is 0. The minimum atomic E-state index is -0.980. The second kappa shape index (κ2) is 9.35. The molecule has 1 aromatic rings. The van der Waals surface area contributed by atoms with Crippen molar-refractivity contribution >= 4 is 5.97 Å². The van der Waals surface area contributed by atoms with Crippen LogP contribution >= 0.6 is 0 Å². The fourth-order valence-electron chi connectivity index (χ4n) is 1.52. The van der Waals surface area contributed by atoms with Crippen molar-refractivity contribution in [2.45, 2.75) is 12.8 Å². The van der Waals surface area contributed by atoms with Gasteiger partial charge in [-0.2, -0.15) is 0 Å². The van der Waals surface area contributed by atoms with Gasteiger partial charge in [-0.25, -0.2) is 4.79 Å². The van der Waals surface area contributed by atoms with Crippen LogP contribution in [0.25, 0.3) is 0 Å². The molecule has 0 saturated carbocycles. The van der Waals surface area contributed by atoms with E-state index in [1.807, 2.05) is 0 Å². The largest absolute Gasteiger partial charge is 0.493 e. The van der Waals surface area contributed by atoms with Crippen molar-refractivity contribution < 1.29 is 24.1 Å². The fraction of sp³-hybridized carbons (Fsp3) is 0.500. The van der Waals surface area contributed by atoms with Crippen molar-refractivity contribution in [2.75, 3.05) is 33.5 Å². The Morgan fingerprint density at radius 3 is 2.47 bits per heavy atom. The summed E-state index contributed by atoms with van der Waals surface area (Å²) in [6.45, 7) is 2.40. The third kappa shape index (κ3) is 6.22. The maximum atomic E-state index is 10.9. The molecular weight excluding hydrogens is 248 g/mol. The van der Waals surface area contributed by atoms with Crippen molar-refractivity contribution in [3.63, 3.8) is 0 Å². The molecule has 1 N–H and O–H groups in total. The molecule has 0 atom stereocenters. The zero-order valence-corrected chi connectivity index (χ0v) is 11.1. The lowest BCUT2D eigenvalue weighted by Crippen LogP contribution is -2.07. The molecule has 0 aliphatic carbocycles. The third-order valence-corrected chi connectivity index (χ3v) is 2.45. The predicted molar refractivity (Wildman–Crippen MR) is 70.8 cm³/mol. The normalized spacial score (nSPS) is 10.4. The molecule has 0 aliphatic rings. The van der Waals surface area contributed by atoms with E-state index in [2.05, 4.69) is 0 Å². The standard InChI is InChI=1S/C14H20O5/c1-17-8-4-9-18-10-5-11-19-13-7-3-2-6-12(13)14(15)16/h2-3,6-7H,4-5,8-11H2,1H3,(H,15,16). The molecule has 1 aromatic carbocycles. The summed E-state index contributed by atoms with van der Waals surface area (Å²) in [5, 5.41) is 8.97. The van der Waals surface area contributed by atoms with Gasteiger partial charge in [-0.1, -0.05) is 12.1 Å². The van der Waals surface area contributed by atoms with Gasteiger partial charge in [0, 0.05) is 33.4 Å². The molecule has 1 rings (SSSR count). The molecule has 0 spiro atoms. The maximum Gasteiger partial charge on any atom is 0.339 e. The molecule has 0 aromatic heterocycles. The molecule has 0 bridgehead atoms. The highest BCUT2D eigenvalue weighted by Crippen LogP contribution is 2.17. The van der Waals surface area contributed by atoms with Crippen LogP contribution in [0.5, 0.6) is 5.75 Å². The second-order valence-electron chi connectivity index (χ2n) is 3.96. The molecule has 5 nitrogen and oxygen atoms in total. The van der Waals surface area contributed by atoms with E-state index in [1.54, 1.807) is 25.3 Å². The summed E-state index contributed by atoms with van der Waals surface area (Å²) in [7, 11) is 1.66. The van der Waals surface area contributed by atoms with Gasteiger partial charge in [0.15, 0.2) is 0 Å². The van der Waals surface area contributed by atoms with Crippen LogP contribution in [0.2, 0.25) is 0 Å². The van der Waals surface area contributed by atoms with E-state index in [0.717, 1.165) is 12.8 Å². The summed E-state index contributed by atoms with van der Waals surface area (Å²) in [6.07, 6.45) is 1.60. The maximum absolute atomic E-state index is 10.9. The van der Waals surface area contributed by atoms with Gasteiger partial charge in [0.25, 0.3) is 0 Å². The Morgan fingerprint density at radius 2 is 1.79 bits per heavy atom. The first-order valence-corrected chi connectivity index (χ1v) is 6.27. The molecule has 0 fully saturated rings. The van der Waals surface area contributed by atoms with Gasteiger partial charge >= 0.3 is 5.97 Å². The predicted octanol–water partition coefficient (Wildman–Crippen LogP) is 2.21. The van der Waals surface area contributed by atoms with Crippen molar-refractivity contribution in [1.29, 1.82) is 0 Å². The van der Waals surface area contributed by atoms with E-state index in [4.69, 9.17) is 19.3 Å². The number of methoxy groups -OCH3 is 1. The lowest BCUT2D eigenvalue weighted by Gasteiger charge is -2.09. The van der Waals surface area contributed by atoms with E-state index in [-0.39, 0.29) is 5.56 Å². The van der Waals surface area contributed by atoms with Gasteiger partial charge in [0.05, 0.1) is 6.61 Å². The number of para-hydroxylation sites is 1. The van der Waals surface area contributed by atoms with E-state index >= 15 is 0 Å². The van der Waals surface area contributed by atoms with Gasteiger partial charge in [0.2, 0.25) is 0 Å². The molecule has 0 heterocycles. The Labute approximate surface area is 113 Å². The van der Waals surface area contributed by atoms with E-state index < -0.39 is 5.97 Å². The number of carboxylic acid groups (broad SMARTS) is 1. The highest BCUT2D eigenvalue weighted by molar-refractivity contribution is 5.90. The van der Waals surface area contributed by atoms with Crippen LogP contribution in [-0.4, -0.2) is 44.6 Å². The molecule has 5 heteroatoms. The Balaban J connectivity index is 2.17. The zero-order chi connectivity index (χ0) is 13.9. The minimum Gasteiger partial charge on any atom is -0.493 e. The number of carboxylic acids is 1. The van der Waals surface area contributed by atoms with Gasteiger partial charge in [-0.3, -0.25) is 0 Å².